The molecule has 0 aromatic heterocycles. The Morgan fingerprint density at radius 2 is 1.16 bits per heavy atom. The minimum atomic E-state index is -1.59. The van der Waals surface area contributed by atoms with Gasteiger partial charge in [-0.05, 0) is 51.4 Å². The van der Waals surface area contributed by atoms with Crippen LogP contribution in [-0.2, 0) is 28.5 Å². The van der Waals surface area contributed by atoms with Crippen molar-refractivity contribution in [2.75, 3.05) is 19.8 Å². The molecule has 10 nitrogen and oxygen atoms in total. The molecule has 1 rings (SSSR count). The van der Waals surface area contributed by atoms with E-state index in [2.05, 4.69) is 55.5 Å². The predicted octanol–water partition coefficient (Wildman–Crippen LogP) is 7.32. The van der Waals surface area contributed by atoms with E-state index < -0.39 is 55.4 Å². The summed E-state index contributed by atoms with van der Waals surface area (Å²) in [6, 6.07) is 0. The fourth-order valence-corrected chi connectivity index (χ4v) is 5.59. The average Bonchev–Trinajstić information content (AvgIpc) is 3.12. The zero-order valence-electron chi connectivity index (χ0n) is 31.6. The minimum absolute atomic E-state index is 0.222. The molecular weight excluding hydrogens is 652 g/mol. The van der Waals surface area contributed by atoms with Gasteiger partial charge >= 0.3 is 11.9 Å². The van der Waals surface area contributed by atoms with Crippen molar-refractivity contribution in [3.63, 3.8) is 0 Å². The summed E-state index contributed by atoms with van der Waals surface area (Å²) in [5.74, 6) is -0.844. The van der Waals surface area contributed by atoms with Gasteiger partial charge in [-0.2, -0.15) is 0 Å². The van der Waals surface area contributed by atoms with Crippen molar-refractivity contribution in [3.8, 4) is 0 Å². The van der Waals surface area contributed by atoms with Crippen molar-refractivity contribution in [2.45, 2.75) is 179 Å². The first-order valence-corrected chi connectivity index (χ1v) is 19.7. The molecule has 1 saturated heterocycles. The van der Waals surface area contributed by atoms with Crippen molar-refractivity contribution < 1.29 is 49.0 Å². The Morgan fingerprint density at radius 1 is 0.627 bits per heavy atom. The van der Waals surface area contributed by atoms with Crippen LogP contribution in [0.25, 0.3) is 0 Å². The molecule has 294 valence electrons. The quantitative estimate of drug-likeness (QED) is 0.0325. The van der Waals surface area contributed by atoms with E-state index in [1.54, 1.807) is 0 Å². The number of aliphatic hydroxyl groups is 4. The summed E-state index contributed by atoms with van der Waals surface area (Å²) in [4.78, 5) is 24.8. The molecule has 4 N–H and O–H groups in total. The second-order valence-electron chi connectivity index (χ2n) is 13.4. The number of rotatable bonds is 31. The highest BCUT2D eigenvalue weighted by Crippen LogP contribution is 2.22. The van der Waals surface area contributed by atoms with E-state index in [1.807, 2.05) is 6.92 Å². The van der Waals surface area contributed by atoms with Gasteiger partial charge in [-0.25, -0.2) is 0 Å². The number of allylic oxidation sites excluding steroid dienone is 8. The van der Waals surface area contributed by atoms with Gasteiger partial charge in [-0.1, -0.05) is 127 Å². The predicted molar refractivity (Wildman–Crippen MR) is 201 cm³/mol. The Kier molecular flexibility index (Phi) is 29.6. The molecule has 0 saturated carbocycles. The molecule has 6 atom stereocenters. The third kappa shape index (κ3) is 24.5. The maximum atomic E-state index is 12.6. The number of ether oxygens (including phenoxy) is 4. The monoisotopic (exact) mass is 722 g/mol. The molecule has 0 spiro atoms. The van der Waals surface area contributed by atoms with Crippen LogP contribution in [0.5, 0.6) is 0 Å². The molecule has 0 aromatic rings. The van der Waals surface area contributed by atoms with E-state index >= 15 is 0 Å². The second-order valence-corrected chi connectivity index (χ2v) is 13.4. The molecule has 1 fully saturated rings. The maximum absolute atomic E-state index is 12.6. The van der Waals surface area contributed by atoms with E-state index in [0.29, 0.717) is 12.8 Å². The minimum Gasteiger partial charge on any atom is -0.462 e. The molecule has 1 aliphatic rings. The first-order chi connectivity index (χ1) is 24.8. The number of hydrogen-bond acceptors (Lipinski definition) is 10. The topological polar surface area (TPSA) is 152 Å². The largest absolute Gasteiger partial charge is 0.462 e. The third-order valence-corrected chi connectivity index (χ3v) is 8.73. The smallest absolute Gasteiger partial charge is 0.306 e. The summed E-state index contributed by atoms with van der Waals surface area (Å²) in [7, 11) is 0. The van der Waals surface area contributed by atoms with Crippen LogP contribution in [0.4, 0.5) is 0 Å². The summed E-state index contributed by atoms with van der Waals surface area (Å²) in [5.41, 5.74) is 0. The highest BCUT2D eigenvalue weighted by atomic mass is 16.7. The number of esters is 2. The second kappa shape index (κ2) is 32.3. The molecule has 0 aliphatic carbocycles. The van der Waals surface area contributed by atoms with Gasteiger partial charge in [0, 0.05) is 12.8 Å². The van der Waals surface area contributed by atoms with E-state index in [-0.39, 0.29) is 26.1 Å². The molecule has 0 bridgehead atoms. The van der Waals surface area contributed by atoms with Crippen molar-refractivity contribution in [2.24, 2.45) is 0 Å². The summed E-state index contributed by atoms with van der Waals surface area (Å²) in [6.45, 7) is 3.10. The lowest BCUT2D eigenvalue weighted by molar-refractivity contribution is -0.305. The average molecular weight is 723 g/mol. The summed E-state index contributed by atoms with van der Waals surface area (Å²) in [6.07, 6.45) is 29.3. The number of hydrogen-bond donors (Lipinski definition) is 4. The Labute approximate surface area is 308 Å². The van der Waals surface area contributed by atoms with Crippen LogP contribution in [0.3, 0.4) is 0 Å². The zero-order chi connectivity index (χ0) is 37.4. The van der Waals surface area contributed by atoms with Gasteiger partial charge in [-0.3, -0.25) is 9.59 Å². The van der Waals surface area contributed by atoms with E-state index in [0.717, 1.165) is 64.2 Å². The highest BCUT2D eigenvalue weighted by Gasteiger charge is 2.44. The number of carbonyl (C=O) groups excluding carboxylic acids is 2. The summed E-state index contributed by atoms with van der Waals surface area (Å²) in [5, 5.41) is 39.7. The lowest BCUT2D eigenvalue weighted by Gasteiger charge is -2.39. The lowest BCUT2D eigenvalue weighted by Crippen LogP contribution is -2.59. The Balaban J connectivity index is 2.19. The van der Waals surface area contributed by atoms with Gasteiger partial charge in [0.15, 0.2) is 12.4 Å². The number of carbonyl (C=O) groups is 2. The van der Waals surface area contributed by atoms with Crippen LogP contribution in [0.1, 0.15) is 142 Å². The standard InChI is InChI=1S/C41H70O10/c1-3-5-7-8-9-10-11-12-13-14-15-16-17-18-19-20-21-22-23-24-25-26-28-30-37(44)50-34(32-48-36(43)29-27-6-4-2)33-49-41-40(47)39(46)38(45)35(31-42)51-41/h5,7,9-10,12-13,15-16,34-35,38-42,45-47H,3-4,6,8,11,14,17-33H2,1-2H3/b7-5-,10-9-,13-12-,16-15-. The fraction of sp³-hybridized carbons (Fsp3) is 0.756. The van der Waals surface area contributed by atoms with Gasteiger partial charge < -0.3 is 39.4 Å². The molecule has 10 heteroatoms. The van der Waals surface area contributed by atoms with Crippen LogP contribution in [0.15, 0.2) is 48.6 Å². The molecule has 1 heterocycles. The summed E-state index contributed by atoms with van der Waals surface area (Å²) >= 11 is 0. The zero-order valence-corrected chi connectivity index (χ0v) is 31.6. The van der Waals surface area contributed by atoms with Gasteiger partial charge in [0.1, 0.15) is 31.0 Å². The van der Waals surface area contributed by atoms with Crippen molar-refractivity contribution in [3.05, 3.63) is 48.6 Å². The van der Waals surface area contributed by atoms with Gasteiger partial charge in [-0.15, -0.1) is 0 Å². The SMILES string of the molecule is CC/C=C\C/C=C\C/C=C\C/C=C\CCCCCCCCCCCCC(=O)OC(COC(=O)CCCCC)COC1OC(CO)C(O)C(O)C1O. The maximum Gasteiger partial charge on any atom is 0.306 e. The Hall–Kier alpha value is -2.34. The molecule has 0 aromatic carbocycles. The first-order valence-electron chi connectivity index (χ1n) is 19.7. The molecule has 51 heavy (non-hydrogen) atoms. The fourth-order valence-electron chi connectivity index (χ4n) is 5.59. The van der Waals surface area contributed by atoms with E-state index in [9.17, 15) is 30.0 Å². The highest BCUT2D eigenvalue weighted by molar-refractivity contribution is 5.70. The number of aliphatic hydroxyl groups excluding tert-OH is 4. The normalized spacial score (nSPS) is 21.7. The van der Waals surface area contributed by atoms with Gasteiger partial charge in [0.05, 0.1) is 13.2 Å². The van der Waals surface area contributed by atoms with Crippen molar-refractivity contribution in [1.82, 2.24) is 0 Å². The lowest BCUT2D eigenvalue weighted by atomic mass is 9.99. The van der Waals surface area contributed by atoms with E-state index in [1.165, 1.54) is 38.5 Å². The van der Waals surface area contributed by atoms with Gasteiger partial charge in [0.2, 0.25) is 0 Å². The van der Waals surface area contributed by atoms with Crippen LogP contribution < -0.4 is 0 Å². The summed E-state index contributed by atoms with van der Waals surface area (Å²) < 4.78 is 21.8. The number of unbranched alkanes of at least 4 members (excludes halogenated alkanes) is 12. The van der Waals surface area contributed by atoms with Crippen LogP contribution in [-0.4, -0.2) is 89.0 Å². The van der Waals surface area contributed by atoms with E-state index in [4.69, 9.17) is 18.9 Å². The molecule has 0 radical (unpaired) electrons. The molecule has 6 unspecified atom stereocenters. The van der Waals surface area contributed by atoms with Crippen molar-refractivity contribution in [1.29, 1.82) is 0 Å². The Morgan fingerprint density at radius 3 is 1.75 bits per heavy atom. The molecular formula is C41H70O10. The Bertz CT molecular complexity index is 975. The van der Waals surface area contributed by atoms with Crippen LogP contribution in [0, 0.1) is 0 Å². The molecule has 1 aliphatic heterocycles. The van der Waals surface area contributed by atoms with Crippen LogP contribution >= 0.6 is 0 Å². The van der Waals surface area contributed by atoms with Crippen molar-refractivity contribution >= 4 is 11.9 Å². The third-order valence-electron chi connectivity index (χ3n) is 8.73. The first kappa shape index (κ1) is 46.7. The van der Waals surface area contributed by atoms with Gasteiger partial charge in [0.25, 0.3) is 0 Å². The van der Waals surface area contributed by atoms with Crippen LogP contribution in [0.2, 0.25) is 0 Å². The molecule has 0 amide bonds.